The minimum atomic E-state index is 0.762. The summed E-state index contributed by atoms with van der Waals surface area (Å²) in [5, 5.41) is 5.87. The number of hydrogen-bond acceptors (Lipinski definition) is 2. The summed E-state index contributed by atoms with van der Waals surface area (Å²) in [5.41, 5.74) is 3.09. The van der Waals surface area contributed by atoms with Gasteiger partial charge in [0.25, 0.3) is 0 Å². The monoisotopic (exact) mass is 263 g/mol. The highest BCUT2D eigenvalue weighted by molar-refractivity contribution is 7.10. The third-order valence-corrected chi connectivity index (χ3v) is 4.79. The zero-order valence-corrected chi connectivity index (χ0v) is 12.6. The van der Waals surface area contributed by atoms with Gasteiger partial charge in [-0.1, -0.05) is 25.5 Å². The van der Waals surface area contributed by atoms with Gasteiger partial charge < -0.3 is 5.32 Å². The molecule has 100 valence electrons. The summed E-state index contributed by atoms with van der Waals surface area (Å²) in [6.07, 6.45) is 6.21. The van der Waals surface area contributed by atoms with E-state index in [4.69, 9.17) is 0 Å². The van der Waals surface area contributed by atoms with Crippen LogP contribution in [0.4, 0.5) is 0 Å². The van der Waals surface area contributed by atoms with Crippen molar-refractivity contribution in [3.05, 3.63) is 33.5 Å². The average molecular weight is 263 g/mol. The summed E-state index contributed by atoms with van der Waals surface area (Å²) in [7, 11) is 0. The van der Waals surface area contributed by atoms with Crippen LogP contribution in [0.5, 0.6) is 0 Å². The van der Waals surface area contributed by atoms with E-state index < -0.39 is 0 Å². The Balaban J connectivity index is 1.77. The molecule has 1 heterocycles. The smallest absolute Gasteiger partial charge is 0.0302 e. The minimum absolute atomic E-state index is 0.762. The van der Waals surface area contributed by atoms with E-state index in [1.807, 2.05) is 11.3 Å². The highest BCUT2D eigenvalue weighted by atomic mass is 32.1. The second-order valence-electron chi connectivity index (χ2n) is 5.65. The summed E-state index contributed by atoms with van der Waals surface area (Å²) < 4.78 is 0. The largest absolute Gasteiger partial charge is 0.312 e. The van der Waals surface area contributed by atoms with Gasteiger partial charge in [0.1, 0.15) is 0 Å². The van der Waals surface area contributed by atoms with Crippen molar-refractivity contribution < 1.29 is 0 Å². The van der Waals surface area contributed by atoms with Crippen molar-refractivity contribution in [2.75, 3.05) is 6.54 Å². The number of thiophene rings is 1. The van der Waals surface area contributed by atoms with Crippen molar-refractivity contribution in [1.29, 1.82) is 0 Å². The molecule has 1 aliphatic rings. The van der Waals surface area contributed by atoms with E-state index in [1.165, 1.54) is 23.3 Å². The van der Waals surface area contributed by atoms with Crippen LogP contribution < -0.4 is 5.32 Å². The van der Waals surface area contributed by atoms with E-state index in [0.717, 1.165) is 31.3 Å². The fraction of sp³-hybridized carbons (Fsp3) is 0.625. The molecule has 0 amide bonds. The number of rotatable bonds is 5. The lowest BCUT2D eigenvalue weighted by Gasteiger charge is -2.25. The quantitative estimate of drug-likeness (QED) is 0.777. The van der Waals surface area contributed by atoms with Crippen molar-refractivity contribution in [1.82, 2.24) is 5.32 Å². The number of aryl methyl sites for hydroxylation is 1. The van der Waals surface area contributed by atoms with Gasteiger partial charge in [-0.3, -0.25) is 0 Å². The Morgan fingerprint density at radius 3 is 3.00 bits per heavy atom. The van der Waals surface area contributed by atoms with E-state index in [1.54, 1.807) is 5.57 Å². The Labute approximate surface area is 115 Å². The van der Waals surface area contributed by atoms with Crippen LogP contribution in [0.25, 0.3) is 0 Å². The molecular weight excluding hydrogens is 238 g/mol. The van der Waals surface area contributed by atoms with Crippen LogP contribution >= 0.6 is 11.3 Å². The van der Waals surface area contributed by atoms with E-state index in [-0.39, 0.29) is 0 Å². The lowest BCUT2D eigenvalue weighted by molar-refractivity contribution is 0.381. The van der Waals surface area contributed by atoms with Crippen molar-refractivity contribution in [2.24, 2.45) is 11.8 Å². The summed E-state index contributed by atoms with van der Waals surface area (Å²) in [6.45, 7) is 9.06. The van der Waals surface area contributed by atoms with Crippen LogP contribution in [-0.2, 0) is 13.0 Å². The van der Waals surface area contributed by atoms with Crippen LogP contribution in [-0.4, -0.2) is 6.54 Å². The van der Waals surface area contributed by atoms with Crippen molar-refractivity contribution in [2.45, 2.75) is 46.6 Å². The maximum atomic E-state index is 3.66. The molecule has 0 aromatic carbocycles. The Morgan fingerprint density at radius 2 is 2.28 bits per heavy atom. The SMILES string of the molecule is CCc1ccsc1CNCC1CC(C)=CC(C)C1. The molecule has 0 saturated carbocycles. The summed E-state index contributed by atoms with van der Waals surface area (Å²) in [6, 6.07) is 2.26. The molecular formula is C16H25NS. The van der Waals surface area contributed by atoms with Crippen LogP contribution in [0.15, 0.2) is 23.1 Å². The minimum Gasteiger partial charge on any atom is -0.312 e. The van der Waals surface area contributed by atoms with Gasteiger partial charge in [0.05, 0.1) is 0 Å². The molecule has 2 unspecified atom stereocenters. The van der Waals surface area contributed by atoms with Gasteiger partial charge in [0, 0.05) is 11.4 Å². The predicted molar refractivity (Wildman–Crippen MR) is 81.0 cm³/mol. The molecule has 2 rings (SSSR count). The Morgan fingerprint density at radius 1 is 1.44 bits per heavy atom. The number of nitrogens with one attached hydrogen (secondary N) is 1. The molecule has 2 atom stereocenters. The average Bonchev–Trinajstić information content (AvgIpc) is 2.75. The van der Waals surface area contributed by atoms with Gasteiger partial charge in [-0.25, -0.2) is 0 Å². The molecule has 0 radical (unpaired) electrons. The third-order valence-electron chi connectivity index (χ3n) is 3.82. The van der Waals surface area contributed by atoms with Gasteiger partial charge >= 0.3 is 0 Å². The van der Waals surface area contributed by atoms with E-state index in [2.05, 4.69) is 43.6 Å². The zero-order chi connectivity index (χ0) is 13.0. The van der Waals surface area contributed by atoms with Gasteiger partial charge in [-0.2, -0.15) is 0 Å². The zero-order valence-electron chi connectivity index (χ0n) is 11.8. The molecule has 2 heteroatoms. The van der Waals surface area contributed by atoms with Gasteiger partial charge in [0.2, 0.25) is 0 Å². The maximum Gasteiger partial charge on any atom is 0.0302 e. The lowest BCUT2D eigenvalue weighted by Crippen LogP contribution is -2.25. The Bertz CT molecular complexity index is 405. The molecule has 0 saturated heterocycles. The van der Waals surface area contributed by atoms with Crippen molar-refractivity contribution in [3.8, 4) is 0 Å². The van der Waals surface area contributed by atoms with Gasteiger partial charge in [-0.15, -0.1) is 11.3 Å². The van der Waals surface area contributed by atoms with Crippen LogP contribution in [0.3, 0.4) is 0 Å². The van der Waals surface area contributed by atoms with E-state index >= 15 is 0 Å². The predicted octanol–water partition coefficient (Wildman–Crippen LogP) is 4.39. The van der Waals surface area contributed by atoms with Crippen LogP contribution in [0.2, 0.25) is 0 Å². The molecule has 0 fully saturated rings. The molecule has 18 heavy (non-hydrogen) atoms. The van der Waals surface area contributed by atoms with Crippen LogP contribution in [0, 0.1) is 11.8 Å². The highest BCUT2D eigenvalue weighted by Crippen LogP contribution is 2.27. The van der Waals surface area contributed by atoms with E-state index in [0.29, 0.717) is 0 Å². The first kappa shape index (κ1) is 13.8. The molecule has 0 aliphatic heterocycles. The Kier molecular flexibility index (Phi) is 5.02. The summed E-state index contributed by atoms with van der Waals surface area (Å²) >= 11 is 1.89. The molecule has 1 aromatic rings. The third kappa shape index (κ3) is 3.69. The van der Waals surface area contributed by atoms with Gasteiger partial charge in [-0.05, 0) is 61.6 Å². The second-order valence-corrected chi connectivity index (χ2v) is 6.65. The Hall–Kier alpha value is -0.600. The maximum absolute atomic E-state index is 3.66. The van der Waals surface area contributed by atoms with Crippen molar-refractivity contribution >= 4 is 11.3 Å². The topological polar surface area (TPSA) is 12.0 Å². The van der Waals surface area contributed by atoms with Gasteiger partial charge in [0.15, 0.2) is 0 Å². The second kappa shape index (κ2) is 6.53. The highest BCUT2D eigenvalue weighted by Gasteiger charge is 2.17. The molecule has 0 spiro atoms. The van der Waals surface area contributed by atoms with Crippen LogP contribution in [0.1, 0.15) is 44.1 Å². The molecule has 1 aliphatic carbocycles. The van der Waals surface area contributed by atoms with Crippen molar-refractivity contribution in [3.63, 3.8) is 0 Å². The molecule has 1 aromatic heterocycles. The molecule has 1 N–H and O–H groups in total. The normalized spacial score (nSPS) is 24.1. The van der Waals surface area contributed by atoms with E-state index in [9.17, 15) is 0 Å². The number of hydrogen-bond donors (Lipinski definition) is 1. The fourth-order valence-corrected chi connectivity index (χ4v) is 4.01. The first-order chi connectivity index (χ1) is 8.69. The first-order valence-electron chi connectivity index (χ1n) is 7.12. The fourth-order valence-electron chi connectivity index (χ4n) is 3.07. The standard InChI is InChI=1S/C16H25NS/c1-4-15-5-6-18-16(15)11-17-10-14-8-12(2)7-13(3)9-14/h5-7,12,14,17H,4,8-11H2,1-3H3. The summed E-state index contributed by atoms with van der Waals surface area (Å²) in [5.74, 6) is 1.59. The number of allylic oxidation sites excluding steroid dienone is 2. The molecule has 0 bridgehead atoms. The summed E-state index contributed by atoms with van der Waals surface area (Å²) in [4.78, 5) is 1.52. The first-order valence-corrected chi connectivity index (χ1v) is 8.00. The lowest BCUT2D eigenvalue weighted by atomic mass is 9.84. The molecule has 1 nitrogen and oxygen atoms in total.